The lowest BCUT2D eigenvalue weighted by Gasteiger charge is -2.50. The van der Waals surface area contributed by atoms with Crippen molar-refractivity contribution in [3.8, 4) is 0 Å². The maximum Gasteiger partial charge on any atom is 0.415 e. The van der Waals surface area contributed by atoms with E-state index in [1.807, 2.05) is 0 Å². The largest absolute Gasteiger partial charge is 0.415 e. The lowest BCUT2D eigenvalue weighted by Crippen LogP contribution is -2.69. The Kier molecular flexibility index (Phi) is 8.37. The van der Waals surface area contributed by atoms with Crippen molar-refractivity contribution in [3.63, 3.8) is 0 Å². The minimum atomic E-state index is -5.96. The van der Waals surface area contributed by atoms with E-state index in [-0.39, 0.29) is 16.8 Å². The number of aliphatic imine (C=N–C) groups is 2. The summed E-state index contributed by atoms with van der Waals surface area (Å²) in [5.74, 6) is -3.78. The fourth-order valence-corrected chi connectivity index (χ4v) is 7.90. The van der Waals surface area contributed by atoms with E-state index in [1.54, 1.807) is 5.32 Å². The lowest BCUT2D eigenvalue weighted by molar-refractivity contribution is -0.226. The Morgan fingerprint density at radius 2 is 1.38 bits per heavy atom. The minimum Gasteiger partial charge on any atom is -0.356 e. The molecule has 1 aromatic heterocycles. The molecule has 0 amide bonds. The summed E-state index contributed by atoms with van der Waals surface area (Å²) in [5, 5.41) is 1.49. The molecule has 1 aromatic rings. The Morgan fingerprint density at radius 3 is 1.88 bits per heavy atom. The highest BCUT2D eigenvalue weighted by molar-refractivity contribution is 6.20. The molecule has 8 bridgehead atoms. The Labute approximate surface area is 266 Å². The normalized spacial score (nSPS) is 29.6. The highest BCUT2D eigenvalue weighted by atomic mass is 19.4. The first kappa shape index (κ1) is 35.7. The fourth-order valence-electron chi connectivity index (χ4n) is 7.90. The van der Waals surface area contributed by atoms with Crippen LogP contribution in [0.5, 0.6) is 0 Å². The third-order valence-corrected chi connectivity index (χ3v) is 9.50. The number of H-pyrrole nitrogens is 1. The molecule has 262 valence electrons. The van der Waals surface area contributed by atoms with Gasteiger partial charge in [-0.05, 0) is 79.3 Å². The van der Waals surface area contributed by atoms with Crippen LogP contribution in [-0.2, 0) is 0 Å². The average Bonchev–Trinajstić information content (AvgIpc) is 3.71. The SMILES string of the molecule is CCC1=C(C(F)(F)F)C2(CC)N=C1C=C1C=CC(=N1)C=c1ccc([nH]1)=CC1(C(F)(F)F)NC(CC)(C(C(F)(F)F)=C1CC)C2C(F)(F)F. The molecule has 0 aliphatic carbocycles. The lowest BCUT2D eigenvalue weighted by atomic mass is 9.62. The summed E-state index contributed by atoms with van der Waals surface area (Å²) in [7, 11) is 0. The molecule has 4 unspecified atom stereocenters. The summed E-state index contributed by atoms with van der Waals surface area (Å²) in [4.78, 5) is 10.9. The van der Waals surface area contributed by atoms with Gasteiger partial charge in [0, 0.05) is 10.7 Å². The maximum absolute atomic E-state index is 15.7. The van der Waals surface area contributed by atoms with Gasteiger partial charge in [0.15, 0.2) is 5.54 Å². The molecular weight excluding hydrogens is 668 g/mol. The van der Waals surface area contributed by atoms with Gasteiger partial charge in [-0.25, -0.2) is 4.99 Å². The second kappa shape index (κ2) is 11.2. The first-order chi connectivity index (χ1) is 22.0. The molecule has 5 heterocycles. The molecule has 0 saturated carbocycles. The highest BCUT2D eigenvalue weighted by Gasteiger charge is 2.77. The Bertz CT molecular complexity index is 1810. The summed E-state index contributed by atoms with van der Waals surface area (Å²) >= 11 is 0. The number of hydrogen-bond acceptors (Lipinski definition) is 3. The van der Waals surface area contributed by atoms with Crippen LogP contribution in [0.25, 0.3) is 12.2 Å². The quantitative estimate of drug-likeness (QED) is 0.244. The first-order valence-corrected chi connectivity index (χ1v) is 15.1. The Hall–Kier alpha value is -3.56. The molecule has 0 radical (unpaired) electrons. The van der Waals surface area contributed by atoms with Crippen LogP contribution in [0.1, 0.15) is 53.4 Å². The summed E-state index contributed by atoms with van der Waals surface area (Å²) in [6, 6.07) is 2.40. The van der Waals surface area contributed by atoms with Crippen LogP contribution in [0.15, 0.2) is 68.3 Å². The second-order valence-corrected chi connectivity index (χ2v) is 12.0. The van der Waals surface area contributed by atoms with Crippen LogP contribution < -0.4 is 16.0 Å². The number of aromatic nitrogens is 1. The minimum absolute atomic E-state index is 0.00203. The van der Waals surface area contributed by atoms with Crippen molar-refractivity contribution in [2.75, 3.05) is 0 Å². The molecule has 4 atom stereocenters. The van der Waals surface area contributed by atoms with Crippen molar-refractivity contribution in [1.29, 1.82) is 0 Å². The first-order valence-electron chi connectivity index (χ1n) is 15.1. The number of rotatable bonds is 4. The van der Waals surface area contributed by atoms with Gasteiger partial charge in [-0.1, -0.05) is 27.7 Å². The molecular formula is C32H30F12N4. The van der Waals surface area contributed by atoms with Crippen LogP contribution >= 0.6 is 0 Å². The van der Waals surface area contributed by atoms with Gasteiger partial charge in [-0.15, -0.1) is 0 Å². The van der Waals surface area contributed by atoms with E-state index in [0.29, 0.717) is 6.08 Å². The molecule has 0 saturated heterocycles. The number of nitrogens with one attached hydrogen (secondary N) is 2. The highest BCUT2D eigenvalue weighted by Crippen LogP contribution is 2.64. The van der Waals surface area contributed by atoms with Crippen molar-refractivity contribution in [2.45, 2.75) is 94.7 Å². The summed E-state index contributed by atoms with van der Waals surface area (Å²) in [6.07, 6.45) is -21.7. The number of halogens is 12. The molecule has 5 rings (SSSR count). The number of aromatic amines is 1. The van der Waals surface area contributed by atoms with Crippen LogP contribution in [0.3, 0.4) is 0 Å². The van der Waals surface area contributed by atoms with Crippen LogP contribution in [0, 0.1) is 5.92 Å². The number of allylic oxidation sites excluding steroid dienone is 4. The third-order valence-electron chi connectivity index (χ3n) is 9.50. The average molecular weight is 699 g/mol. The Morgan fingerprint density at radius 1 is 0.750 bits per heavy atom. The van der Waals surface area contributed by atoms with Gasteiger partial charge in [-0.2, -0.15) is 52.7 Å². The molecule has 0 fully saturated rings. The van der Waals surface area contributed by atoms with Gasteiger partial charge in [-0.3, -0.25) is 10.3 Å². The van der Waals surface area contributed by atoms with Gasteiger partial charge in [0.2, 0.25) is 0 Å². The number of alkyl halides is 12. The predicted octanol–water partition coefficient (Wildman–Crippen LogP) is 7.86. The van der Waals surface area contributed by atoms with Gasteiger partial charge < -0.3 is 4.98 Å². The number of nitrogens with zero attached hydrogens (tertiary/aromatic N) is 2. The van der Waals surface area contributed by atoms with Crippen LogP contribution in [0.4, 0.5) is 52.7 Å². The summed E-state index contributed by atoms with van der Waals surface area (Å²) in [6.45, 7) is 3.83. The molecule has 0 spiro atoms. The van der Waals surface area contributed by atoms with Crippen molar-refractivity contribution < 1.29 is 52.7 Å². The molecule has 4 aliphatic rings. The molecule has 4 nitrogen and oxygen atoms in total. The van der Waals surface area contributed by atoms with E-state index in [4.69, 9.17) is 0 Å². The van der Waals surface area contributed by atoms with Gasteiger partial charge in [0.05, 0.1) is 33.8 Å². The van der Waals surface area contributed by atoms with Crippen molar-refractivity contribution in [1.82, 2.24) is 10.3 Å². The van der Waals surface area contributed by atoms with Crippen molar-refractivity contribution >= 4 is 23.6 Å². The van der Waals surface area contributed by atoms with Gasteiger partial charge in [0.25, 0.3) is 0 Å². The van der Waals surface area contributed by atoms with E-state index in [2.05, 4.69) is 15.0 Å². The van der Waals surface area contributed by atoms with Crippen molar-refractivity contribution in [2.24, 2.45) is 15.9 Å². The van der Waals surface area contributed by atoms with Crippen LogP contribution in [-0.4, -0.2) is 57.7 Å². The zero-order chi connectivity index (χ0) is 35.9. The second-order valence-electron chi connectivity index (χ2n) is 12.0. The molecule has 0 aromatic carbocycles. The smallest absolute Gasteiger partial charge is 0.356 e. The molecule has 2 N–H and O–H groups in total. The topological polar surface area (TPSA) is 52.5 Å². The van der Waals surface area contributed by atoms with E-state index in [1.165, 1.54) is 31.2 Å². The summed E-state index contributed by atoms with van der Waals surface area (Å²) in [5.41, 5.74) is -17.9. The predicted molar refractivity (Wildman–Crippen MR) is 155 cm³/mol. The van der Waals surface area contributed by atoms with E-state index in [9.17, 15) is 0 Å². The Balaban J connectivity index is 2.09. The van der Waals surface area contributed by atoms with E-state index in [0.717, 1.165) is 32.9 Å². The fraction of sp³-hybridized carbons (Fsp3) is 0.500. The van der Waals surface area contributed by atoms with Crippen LogP contribution in [0.2, 0.25) is 0 Å². The third kappa shape index (κ3) is 5.28. The summed E-state index contributed by atoms with van der Waals surface area (Å²) < 4.78 is 185. The molecule has 4 aliphatic heterocycles. The molecule has 48 heavy (non-hydrogen) atoms. The van der Waals surface area contributed by atoms with Crippen molar-refractivity contribution in [3.05, 3.63) is 69.0 Å². The van der Waals surface area contributed by atoms with Gasteiger partial charge >= 0.3 is 24.7 Å². The van der Waals surface area contributed by atoms with E-state index >= 15 is 52.7 Å². The van der Waals surface area contributed by atoms with E-state index < -0.39 is 106 Å². The standard InChI is InChI=1S/C32H30F12N4/c1-5-20-22-14-18-10-9-16(45-18)13-17-11-12-19(46-17)15-28(32(42,43)44)21(6-2)24(30(36,37)38)27(8-4,48-28)25(31(39,40)41)26(7-3,47-22)23(20)29(33,34)35/h9-15,25,46,48H,5-8H2,1-4H3. The number of fused-ring (bicyclic) bond motifs is 6. The van der Waals surface area contributed by atoms with Gasteiger partial charge in [0.1, 0.15) is 11.5 Å². The molecule has 16 heteroatoms. The monoisotopic (exact) mass is 698 g/mol. The zero-order valence-corrected chi connectivity index (χ0v) is 25.9. The maximum atomic E-state index is 15.7. The number of hydrogen-bond donors (Lipinski definition) is 2. The zero-order valence-electron chi connectivity index (χ0n) is 25.9.